The molecule has 35 heavy (non-hydrogen) atoms. The van der Waals surface area contributed by atoms with E-state index in [1.165, 1.54) is 49.9 Å². The molecular weight excluding hydrogens is 482 g/mol. The van der Waals surface area contributed by atoms with Crippen molar-refractivity contribution in [2.24, 2.45) is 5.92 Å². The van der Waals surface area contributed by atoms with Gasteiger partial charge in [0, 0.05) is 29.6 Å². The van der Waals surface area contributed by atoms with Crippen LogP contribution >= 0.6 is 11.3 Å². The van der Waals surface area contributed by atoms with Gasteiger partial charge in [0.05, 0.1) is 13.7 Å². The number of nitrogens with one attached hydrogen (secondary N) is 2. The Kier molecular flexibility index (Phi) is 9.21. The standard InChI is InChI=1S/C26H37N3O4S2/c1-33-23-9-5-8-21(18-23)26(30)28-19-24-10-11-25(34-24)35(31,32)29-16-13-22(14-17-29)27-15-12-20-6-3-2-4-7-20/h5,8-11,18,20,22,27H,2-4,6-7,12-17,19H2,1H3,(H,28,30). The SMILES string of the molecule is COc1cccc(C(=O)NCc2ccc(S(=O)(=O)N3CCC(NCCC4CCCCC4)CC3)s2)c1. The number of piperidine rings is 1. The minimum absolute atomic E-state index is 0.222. The summed E-state index contributed by atoms with van der Waals surface area (Å²) < 4.78 is 33.5. The number of ether oxygens (including phenoxy) is 1. The van der Waals surface area contributed by atoms with Gasteiger partial charge in [-0.2, -0.15) is 4.31 Å². The molecular formula is C26H37N3O4S2. The van der Waals surface area contributed by atoms with Crippen LogP contribution in [0.15, 0.2) is 40.6 Å². The molecule has 4 rings (SSSR count). The number of carbonyl (C=O) groups is 1. The number of benzene rings is 1. The third kappa shape index (κ3) is 7.06. The lowest BCUT2D eigenvalue weighted by molar-refractivity contribution is 0.0951. The highest BCUT2D eigenvalue weighted by Gasteiger charge is 2.30. The third-order valence-corrected chi connectivity index (χ3v) is 10.6. The summed E-state index contributed by atoms with van der Waals surface area (Å²) in [6.45, 7) is 2.41. The number of methoxy groups -OCH3 is 1. The monoisotopic (exact) mass is 519 g/mol. The van der Waals surface area contributed by atoms with E-state index in [1.807, 2.05) is 0 Å². The van der Waals surface area contributed by atoms with Crippen molar-refractivity contribution < 1.29 is 17.9 Å². The van der Waals surface area contributed by atoms with Crippen molar-refractivity contribution in [3.63, 3.8) is 0 Å². The Morgan fingerprint density at radius 2 is 1.86 bits per heavy atom. The highest BCUT2D eigenvalue weighted by atomic mass is 32.2. The van der Waals surface area contributed by atoms with Crippen molar-refractivity contribution in [2.45, 2.75) is 68.2 Å². The second kappa shape index (κ2) is 12.3. The lowest BCUT2D eigenvalue weighted by Crippen LogP contribution is -2.45. The summed E-state index contributed by atoms with van der Waals surface area (Å²) in [7, 11) is -1.95. The number of hydrogen-bond acceptors (Lipinski definition) is 6. The van der Waals surface area contributed by atoms with Gasteiger partial charge < -0.3 is 15.4 Å². The van der Waals surface area contributed by atoms with Gasteiger partial charge in [0.2, 0.25) is 0 Å². The Morgan fingerprint density at radius 1 is 1.09 bits per heavy atom. The molecule has 2 aliphatic rings. The topological polar surface area (TPSA) is 87.7 Å². The summed E-state index contributed by atoms with van der Waals surface area (Å²) in [4.78, 5) is 13.2. The molecule has 1 aromatic carbocycles. The summed E-state index contributed by atoms with van der Waals surface area (Å²) in [5.74, 6) is 1.26. The van der Waals surface area contributed by atoms with Gasteiger partial charge in [0.1, 0.15) is 9.96 Å². The van der Waals surface area contributed by atoms with Gasteiger partial charge in [-0.25, -0.2) is 8.42 Å². The normalized spacial score (nSPS) is 18.4. The molecule has 0 atom stereocenters. The maximum atomic E-state index is 13.2. The van der Waals surface area contributed by atoms with Crippen LogP contribution in [0.2, 0.25) is 0 Å². The van der Waals surface area contributed by atoms with Gasteiger partial charge >= 0.3 is 0 Å². The van der Waals surface area contributed by atoms with E-state index in [1.54, 1.807) is 47.8 Å². The zero-order valence-electron chi connectivity index (χ0n) is 20.5. The molecule has 1 saturated carbocycles. The second-order valence-corrected chi connectivity index (χ2v) is 12.9. The van der Waals surface area contributed by atoms with Crippen molar-refractivity contribution in [3.8, 4) is 5.75 Å². The predicted molar refractivity (Wildman–Crippen MR) is 139 cm³/mol. The van der Waals surface area contributed by atoms with E-state index in [-0.39, 0.29) is 12.5 Å². The van der Waals surface area contributed by atoms with E-state index < -0.39 is 10.0 Å². The predicted octanol–water partition coefficient (Wildman–Crippen LogP) is 4.40. The smallest absolute Gasteiger partial charge is 0.252 e. The number of thiophene rings is 1. The molecule has 0 spiro atoms. The van der Waals surface area contributed by atoms with Gasteiger partial charge in [-0.05, 0) is 62.1 Å². The molecule has 2 aromatic rings. The Bertz CT molecular complexity index is 1070. The van der Waals surface area contributed by atoms with Gasteiger partial charge in [-0.15, -0.1) is 11.3 Å². The number of rotatable bonds is 10. The number of sulfonamides is 1. The third-order valence-electron chi connectivity index (χ3n) is 7.15. The molecule has 1 amide bonds. The van der Waals surface area contributed by atoms with E-state index in [9.17, 15) is 13.2 Å². The molecule has 1 aromatic heterocycles. The summed E-state index contributed by atoms with van der Waals surface area (Å²) >= 11 is 1.22. The Morgan fingerprint density at radius 3 is 2.60 bits per heavy atom. The van der Waals surface area contributed by atoms with E-state index in [4.69, 9.17) is 4.74 Å². The maximum Gasteiger partial charge on any atom is 0.252 e. The van der Waals surface area contributed by atoms with Crippen molar-refractivity contribution in [1.29, 1.82) is 0 Å². The van der Waals surface area contributed by atoms with Crippen LogP contribution in [0.1, 0.15) is 66.6 Å². The molecule has 1 aliphatic carbocycles. The average Bonchev–Trinajstić information content (AvgIpc) is 3.38. The zero-order chi connectivity index (χ0) is 24.7. The van der Waals surface area contributed by atoms with Crippen LogP contribution in [-0.4, -0.2) is 51.4 Å². The summed E-state index contributed by atoms with van der Waals surface area (Å²) in [5.41, 5.74) is 0.504. The molecule has 2 fully saturated rings. The maximum absolute atomic E-state index is 13.2. The minimum atomic E-state index is -3.51. The van der Waals surface area contributed by atoms with Crippen LogP contribution < -0.4 is 15.4 Å². The fraction of sp³-hybridized carbons (Fsp3) is 0.577. The number of amides is 1. The highest BCUT2D eigenvalue weighted by Crippen LogP contribution is 2.28. The zero-order valence-corrected chi connectivity index (χ0v) is 22.1. The van der Waals surface area contributed by atoms with Gasteiger partial charge in [0.15, 0.2) is 0 Å². The lowest BCUT2D eigenvalue weighted by atomic mass is 9.87. The van der Waals surface area contributed by atoms with Crippen molar-refractivity contribution in [2.75, 3.05) is 26.7 Å². The van der Waals surface area contributed by atoms with Crippen LogP contribution in [0, 0.1) is 5.92 Å². The number of nitrogens with zero attached hydrogens (tertiary/aromatic N) is 1. The highest BCUT2D eigenvalue weighted by molar-refractivity contribution is 7.91. The first-order valence-corrected chi connectivity index (χ1v) is 15.0. The van der Waals surface area contributed by atoms with Crippen LogP contribution in [0.25, 0.3) is 0 Å². The molecule has 192 valence electrons. The first kappa shape index (κ1) is 26.1. The van der Waals surface area contributed by atoms with Gasteiger partial charge in [-0.3, -0.25) is 4.79 Å². The first-order valence-electron chi connectivity index (χ1n) is 12.7. The first-order chi connectivity index (χ1) is 17.0. The molecule has 0 radical (unpaired) electrons. The van der Waals surface area contributed by atoms with Gasteiger partial charge in [-0.1, -0.05) is 38.2 Å². The molecule has 1 saturated heterocycles. The fourth-order valence-corrected chi connectivity index (χ4v) is 7.94. The number of hydrogen-bond donors (Lipinski definition) is 2. The van der Waals surface area contributed by atoms with E-state index in [0.29, 0.717) is 34.7 Å². The summed E-state index contributed by atoms with van der Waals surface area (Å²) in [5, 5.41) is 6.52. The fourth-order valence-electron chi connectivity index (χ4n) is 5.02. The minimum Gasteiger partial charge on any atom is -0.497 e. The molecule has 7 nitrogen and oxygen atoms in total. The Hall–Kier alpha value is -1.94. The largest absolute Gasteiger partial charge is 0.497 e. The lowest BCUT2D eigenvalue weighted by Gasteiger charge is -2.32. The summed E-state index contributed by atoms with van der Waals surface area (Å²) in [6, 6.07) is 10.8. The van der Waals surface area contributed by atoms with E-state index in [2.05, 4.69) is 10.6 Å². The molecule has 0 bridgehead atoms. The average molecular weight is 520 g/mol. The molecule has 1 aliphatic heterocycles. The quantitative estimate of drug-likeness (QED) is 0.486. The van der Waals surface area contributed by atoms with Crippen molar-refractivity contribution in [1.82, 2.24) is 14.9 Å². The van der Waals surface area contributed by atoms with Crippen LogP contribution in [0.4, 0.5) is 0 Å². The molecule has 0 unspecified atom stereocenters. The molecule has 9 heteroatoms. The molecule has 2 N–H and O–H groups in total. The summed E-state index contributed by atoms with van der Waals surface area (Å²) in [6.07, 6.45) is 9.81. The number of carbonyl (C=O) groups excluding carboxylic acids is 1. The molecule has 2 heterocycles. The van der Waals surface area contributed by atoms with Crippen LogP contribution in [0.5, 0.6) is 5.75 Å². The Balaban J connectivity index is 1.23. The Labute approximate surface area is 213 Å². The van der Waals surface area contributed by atoms with Gasteiger partial charge in [0.25, 0.3) is 15.9 Å². The van der Waals surface area contributed by atoms with Crippen molar-refractivity contribution in [3.05, 3.63) is 46.8 Å². The van der Waals surface area contributed by atoms with Crippen LogP contribution in [0.3, 0.4) is 0 Å². The van der Waals surface area contributed by atoms with Crippen LogP contribution in [-0.2, 0) is 16.6 Å². The van der Waals surface area contributed by atoms with E-state index >= 15 is 0 Å². The second-order valence-electron chi connectivity index (χ2n) is 9.56. The van der Waals surface area contributed by atoms with E-state index in [0.717, 1.165) is 30.2 Å². The van der Waals surface area contributed by atoms with Crippen molar-refractivity contribution >= 4 is 27.3 Å².